The smallest absolute Gasteiger partial charge is 0.411 e. The molecular weight excluding hydrogens is 294 g/mol. The van der Waals surface area contributed by atoms with E-state index in [2.05, 4.69) is 34.5 Å². The first-order chi connectivity index (χ1) is 11.1. The Morgan fingerprint density at radius 1 is 1.17 bits per heavy atom. The van der Waals surface area contributed by atoms with Gasteiger partial charge in [0.05, 0.1) is 7.11 Å². The van der Waals surface area contributed by atoms with E-state index in [0.29, 0.717) is 23.8 Å². The van der Waals surface area contributed by atoms with Gasteiger partial charge in [0, 0.05) is 17.9 Å². The predicted molar refractivity (Wildman–Crippen MR) is 92.8 cm³/mol. The van der Waals surface area contributed by atoms with Crippen molar-refractivity contribution in [1.82, 2.24) is 5.32 Å². The molecule has 0 fully saturated rings. The molecule has 0 aliphatic rings. The number of rotatable bonds is 8. The van der Waals surface area contributed by atoms with Gasteiger partial charge in [-0.25, -0.2) is 9.59 Å². The summed E-state index contributed by atoms with van der Waals surface area (Å²) in [7, 11) is 1.30. The Hall–Kier alpha value is -2.24. The van der Waals surface area contributed by atoms with E-state index in [-0.39, 0.29) is 6.03 Å². The molecule has 0 aliphatic carbocycles. The number of hydrogen-bond donors (Lipinski definition) is 3. The van der Waals surface area contributed by atoms with E-state index in [0.717, 1.165) is 12.8 Å². The maximum atomic E-state index is 12.0. The average Bonchev–Trinajstić information content (AvgIpc) is 2.55. The summed E-state index contributed by atoms with van der Waals surface area (Å²) in [6.07, 6.45) is 3.99. The second-order valence-electron chi connectivity index (χ2n) is 5.45. The van der Waals surface area contributed by atoms with Crippen molar-refractivity contribution in [3.63, 3.8) is 0 Å². The van der Waals surface area contributed by atoms with Gasteiger partial charge < -0.3 is 15.4 Å². The van der Waals surface area contributed by atoms with E-state index in [4.69, 9.17) is 0 Å². The fraction of sp³-hybridized carbons (Fsp3) is 0.529. The molecule has 3 amide bonds. The highest BCUT2D eigenvalue weighted by Gasteiger charge is 2.09. The van der Waals surface area contributed by atoms with Crippen LogP contribution in [0.4, 0.5) is 21.0 Å². The lowest BCUT2D eigenvalue weighted by Gasteiger charge is -2.16. The number of hydrogen-bond acceptors (Lipinski definition) is 3. The zero-order chi connectivity index (χ0) is 17.1. The number of urea groups is 1. The molecule has 1 unspecified atom stereocenters. The summed E-state index contributed by atoms with van der Waals surface area (Å²) in [4.78, 5) is 23.1. The molecule has 0 radical (unpaired) electrons. The molecule has 0 spiro atoms. The van der Waals surface area contributed by atoms with Gasteiger partial charge in [0.2, 0.25) is 0 Å². The summed E-state index contributed by atoms with van der Waals surface area (Å²) in [5.74, 6) is 0.507. The predicted octanol–water partition coefficient (Wildman–Crippen LogP) is 4.20. The number of amides is 3. The minimum atomic E-state index is -0.548. The van der Waals surface area contributed by atoms with Crippen LogP contribution in [0.3, 0.4) is 0 Å². The van der Waals surface area contributed by atoms with Crippen LogP contribution in [0.5, 0.6) is 0 Å². The molecule has 0 heterocycles. The Bertz CT molecular complexity index is 506. The second-order valence-corrected chi connectivity index (χ2v) is 5.45. The number of ether oxygens (including phenoxy) is 1. The Labute approximate surface area is 138 Å². The van der Waals surface area contributed by atoms with E-state index in [1.54, 1.807) is 24.3 Å². The highest BCUT2D eigenvalue weighted by Crippen LogP contribution is 2.15. The molecule has 0 bridgehead atoms. The summed E-state index contributed by atoms with van der Waals surface area (Å²) < 4.78 is 4.53. The summed E-state index contributed by atoms with van der Waals surface area (Å²) in [5, 5.41) is 8.22. The Morgan fingerprint density at radius 3 is 2.48 bits per heavy atom. The van der Waals surface area contributed by atoms with Crippen LogP contribution < -0.4 is 16.0 Å². The molecule has 1 aromatic carbocycles. The fourth-order valence-electron chi connectivity index (χ4n) is 2.20. The average molecular weight is 321 g/mol. The van der Waals surface area contributed by atoms with Crippen LogP contribution >= 0.6 is 0 Å². The van der Waals surface area contributed by atoms with Crippen LogP contribution in [-0.2, 0) is 4.74 Å². The van der Waals surface area contributed by atoms with Crippen molar-refractivity contribution in [2.45, 2.75) is 39.5 Å². The monoisotopic (exact) mass is 321 g/mol. The third-order valence-corrected chi connectivity index (χ3v) is 3.65. The van der Waals surface area contributed by atoms with Crippen LogP contribution in [0.25, 0.3) is 0 Å². The summed E-state index contributed by atoms with van der Waals surface area (Å²) >= 11 is 0. The van der Waals surface area contributed by atoms with E-state index < -0.39 is 6.09 Å². The first-order valence-corrected chi connectivity index (χ1v) is 8.08. The Balaban J connectivity index is 2.47. The lowest BCUT2D eigenvalue weighted by atomic mass is 9.99. The van der Waals surface area contributed by atoms with Crippen LogP contribution in [0.2, 0.25) is 0 Å². The Kier molecular flexibility index (Phi) is 8.57. The normalized spacial score (nSPS) is 11.4. The van der Waals surface area contributed by atoms with Gasteiger partial charge in [-0.05, 0) is 30.5 Å². The molecular formula is C17H27N3O3. The third kappa shape index (κ3) is 7.54. The molecule has 0 saturated heterocycles. The van der Waals surface area contributed by atoms with E-state index >= 15 is 0 Å². The minimum Gasteiger partial charge on any atom is -0.453 e. The van der Waals surface area contributed by atoms with Crippen LogP contribution in [0, 0.1) is 5.92 Å². The number of carbonyl (C=O) groups excluding carboxylic acids is 2. The molecule has 0 aromatic heterocycles. The van der Waals surface area contributed by atoms with Gasteiger partial charge in [-0.2, -0.15) is 0 Å². The van der Waals surface area contributed by atoms with E-state index in [9.17, 15) is 9.59 Å². The van der Waals surface area contributed by atoms with Crippen molar-refractivity contribution in [1.29, 1.82) is 0 Å². The van der Waals surface area contributed by atoms with E-state index in [1.165, 1.54) is 20.0 Å². The zero-order valence-electron chi connectivity index (χ0n) is 14.1. The van der Waals surface area contributed by atoms with Crippen molar-refractivity contribution in [3.8, 4) is 0 Å². The molecule has 0 aliphatic heterocycles. The van der Waals surface area contributed by atoms with Gasteiger partial charge in [0.15, 0.2) is 0 Å². The lowest BCUT2D eigenvalue weighted by Crippen LogP contribution is -2.33. The molecule has 0 saturated carbocycles. The number of unbranched alkanes of at least 4 members (excludes halogenated alkanes) is 1. The van der Waals surface area contributed by atoms with Crippen molar-refractivity contribution in [2.24, 2.45) is 5.92 Å². The summed E-state index contributed by atoms with van der Waals surface area (Å²) in [6.45, 7) is 4.98. The lowest BCUT2D eigenvalue weighted by molar-refractivity contribution is 0.187. The quantitative estimate of drug-likeness (QED) is 0.671. The SMILES string of the molecule is CCCCC(CC)CNC(=O)Nc1cccc(NC(=O)OC)c1. The van der Waals surface area contributed by atoms with Crippen LogP contribution in [-0.4, -0.2) is 25.8 Å². The standard InChI is InChI=1S/C17H27N3O3/c1-4-6-8-13(5-2)12-18-16(21)19-14-9-7-10-15(11-14)20-17(22)23-3/h7,9-11,13H,4-6,8,12H2,1-3H3,(H,20,22)(H2,18,19,21). The number of anilines is 2. The minimum absolute atomic E-state index is 0.241. The molecule has 1 atom stereocenters. The maximum absolute atomic E-state index is 12.0. The van der Waals surface area contributed by atoms with E-state index in [1.807, 2.05) is 0 Å². The first-order valence-electron chi connectivity index (χ1n) is 8.08. The largest absolute Gasteiger partial charge is 0.453 e. The zero-order valence-corrected chi connectivity index (χ0v) is 14.1. The van der Waals surface area contributed by atoms with Crippen molar-refractivity contribution < 1.29 is 14.3 Å². The van der Waals surface area contributed by atoms with Gasteiger partial charge in [-0.15, -0.1) is 0 Å². The fourth-order valence-corrected chi connectivity index (χ4v) is 2.20. The van der Waals surface area contributed by atoms with Gasteiger partial charge in [0.1, 0.15) is 0 Å². The maximum Gasteiger partial charge on any atom is 0.411 e. The number of benzene rings is 1. The molecule has 6 nitrogen and oxygen atoms in total. The van der Waals surface area contributed by atoms with Crippen molar-refractivity contribution in [2.75, 3.05) is 24.3 Å². The van der Waals surface area contributed by atoms with Gasteiger partial charge in [-0.1, -0.05) is 39.2 Å². The molecule has 6 heteroatoms. The first kappa shape index (κ1) is 18.8. The number of nitrogens with one attached hydrogen (secondary N) is 3. The van der Waals surface area contributed by atoms with Crippen molar-refractivity contribution in [3.05, 3.63) is 24.3 Å². The van der Waals surface area contributed by atoms with Crippen LogP contribution in [0.1, 0.15) is 39.5 Å². The highest BCUT2D eigenvalue weighted by molar-refractivity contribution is 5.91. The van der Waals surface area contributed by atoms with Crippen molar-refractivity contribution >= 4 is 23.5 Å². The van der Waals surface area contributed by atoms with Crippen LogP contribution in [0.15, 0.2) is 24.3 Å². The topological polar surface area (TPSA) is 79.5 Å². The number of methoxy groups -OCH3 is 1. The molecule has 128 valence electrons. The summed E-state index contributed by atoms with van der Waals surface area (Å²) in [6, 6.07) is 6.66. The highest BCUT2D eigenvalue weighted by atomic mass is 16.5. The molecule has 3 N–H and O–H groups in total. The van der Waals surface area contributed by atoms with Gasteiger partial charge >= 0.3 is 12.1 Å². The summed E-state index contributed by atoms with van der Waals surface area (Å²) in [5.41, 5.74) is 1.17. The Morgan fingerprint density at radius 2 is 1.87 bits per heavy atom. The molecule has 1 aromatic rings. The molecule has 23 heavy (non-hydrogen) atoms. The number of carbonyl (C=O) groups is 2. The van der Waals surface area contributed by atoms with Gasteiger partial charge in [-0.3, -0.25) is 5.32 Å². The third-order valence-electron chi connectivity index (χ3n) is 3.65. The molecule has 1 rings (SSSR count). The van der Waals surface area contributed by atoms with Gasteiger partial charge in [0.25, 0.3) is 0 Å². The second kappa shape index (κ2) is 10.5.